The Morgan fingerprint density at radius 1 is 1.30 bits per heavy atom. The van der Waals surface area contributed by atoms with Crippen LogP contribution < -0.4 is 21.0 Å². The second kappa shape index (κ2) is 5.32. The van der Waals surface area contributed by atoms with Gasteiger partial charge in [-0.15, -0.1) is 0 Å². The predicted octanol–water partition coefficient (Wildman–Crippen LogP) is 1.21. The number of nitrogens with zero attached hydrogens (tertiary/aromatic N) is 2. The van der Waals surface area contributed by atoms with Gasteiger partial charge in [-0.2, -0.15) is 5.26 Å². The van der Waals surface area contributed by atoms with Crippen LogP contribution in [0.25, 0.3) is 0 Å². The van der Waals surface area contributed by atoms with Gasteiger partial charge in [0.2, 0.25) is 11.8 Å². The van der Waals surface area contributed by atoms with Crippen molar-refractivity contribution in [2.24, 2.45) is 5.73 Å². The fourth-order valence-corrected chi connectivity index (χ4v) is 3.79. The number of imide groups is 1. The quantitative estimate of drug-likeness (QED) is 0.745. The van der Waals surface area contributed by atoms with Crippen LogP contribution in [0.2, 0.25) is 0 Å². The van der Waals surface area contributed by atoms with Gasteiger partial charge in [0.05, 0.1) is 5.69 Å². The summed E-state index contributed by atoms with van der Waals surface area (Å²) in [6, 6.07) is 9.76. The minimum absolute atomic E-state index is 0.0220. The molecule has 0 fully saturated rings. The summed E-state index contributed by atoms with van der Waals surface area (Å²) in [6.45, 7) is 2.77. The van der Waals surface area contributed by atoms with E-state index in [-0.39, 0.29) is 34.2 Å². The fourth-order valence-electron chi connectivity index (χ4n) is 3.79. The van der Waals surface area contributed by atoms with Gasteiger partial charge in [-0.05, 0) is 13.0 Å². The van der Waals surface area contributed by atoms with Crippen molar-refractivity contribution in [3.63, 3.8) is 0 Å². The van der Waals surface area contributed by atoms with Gasteiger partial charge < -0.3 is 14.9 Å². The molecular formula is C19H13N3O5. The molecule has 2 aromatic rings. The van der Waals surface area contributed by atoms with E-state index < -0.39 is 22.9 Å². The van der Waals surface area contributed by atoms with Crippen molar-refractivity contribution in [1.82, 2.24) is 0 Å². The average Bonchev–Trinajstić information content (AvgIpc) is 2.84. The van der Waals surface area contributed by atoms with Crippen molar-refractivity contribution in [3.8, 4) is 11.8 Å². The molecule has 0 aliphatic carbocycles. The van der Waals surface area contributed by atoms with Gasteiger partial charge in [0.15, 0.2) is 5.41 Å². The van der Waals surface area contributed by atoms with Crippen molar-refractivity contribution in [1.29, 1.82) is 5.26 Å². The number of benzene rings is 1. The standard InChI is InChI=1S/C19H13N3O5/c1-9-7-14-15(17(24)26-9)19(12(8-20)16(21)27-14)11-5-3-4-6-13(11)22(10(2)23)18(19)25/h3-7H,21H2,1-2H3/t19-/m1/s1. The minimum atomic E-state index is -1.90. The molecule has 2 aliphatic heterocycles. The van der Waals surface area contributed by atoms with E-state index in [1.165, 1.54) is 13.0 Å². The first-order valence-corrected chi connectivity index (χ1v) is 8.02. The number of nitrogens with two attached hydrogens (primary N) is 1. The molecule has 2 aliphatic rings. The Morgan fingerprint density at radius 3 is 2.67 bits per heavy atom. The monoisotopic (exact) mass is 363 g/mol. The molecule has 2 amide bonds. The Hall–Kier alpha value is -3.86. The number of rotatable bonds is 0. The zero-order valence-corrected chi connectivity index (χ0v) is 14.4. The van der Waals surface area contributed by atoms with Crippen molar-refractivity contribution in [2.75, 3.05) is 4.90 Å². The maximum absolute atomic E-state index is 13.5. The van der Waals surface area contributed by atoms with Gasteiger partial charge in [0.25, 0.3) is 5.91 Å². The molecule has 0 radical (unpaired) electrons. The summed E-state index contributed by atoms with van der Waals surface area (Å²) in [5, 5.41) is 9.77. The van der Waals surface area contributed by atoms with Crippen LogP contribution in [-0.2, 0) is 15.0 Å². The molecule has 27 heavy (non-hydrogen) atoms. The van der Waals surface area contributed by atoms with Crippen LogP contribution in [-0.4, -0.2) is 11.8 Å². The van der Waals surface area contributed by atoms with Crippen LogP contribution in [0.3, 0.4) is 0 Å². The molecular weight excluding hydrogens is 350 g/mol. The number of amides is 2. The lowest BCUT2D eigenvalue weighted by Gasteiger charge is -2.32. The molecule has 3 heterocycles. The summed E-state index contributed by atoms with van der Waals surface area (Å²) in [5.41, 5.74) is 3.37. The number of carbonyl (C=O) groups excluding carboxylic acids is 2. The maximum atomic E-state index is 13.5. The zero-order valence-electron chi connectivity index (χ0n) is 14.4. The highest BCUT2D eigenvalue weighted by Gasteiger charge is 2.61. The number of hydrogen-bond donors (Lipinski definition) is 1. The molecule has 0 bridgehead atoms. The number of para-hydroxylation sites is 1. The Kier molecular flexibility index (Phi) is 3.27. The molecule has 8 heteroatoms. The topological polar surface area (TPSA) is 127 Å². The van der Waals surface area contributed by atoms with E-state index in [2.05, 4.69) is 0 Å². The summed E-state index contributed by atoms with van der Waals surface area (Å²) >= 11 is 0. The van der Waals surface area contributed by atoms with E-state index in [1.807, 2.05) is 6.07 Å². The van der Waals surface area contributed by atoms with Crippen molar-refractivity contribution < 1.29 is 18.7 Å². The lowest BCUT2D eigenvalue weighted by molar-refractivity contribution is -0.126. The number of ether oxygens (including phenoxy) is 1. The smallest absolute Gasteiger partial charge is 0.344 e. The van der Waals surface area contributed by atoms with Gasteiger partial charge in [0, 0.05) is 18.6 Å². The van der Waals surface area contributed by atoms with Crippen LogP contribution in [0.5, 0.6) is 5.75 Å². The summed E-state index contributed by atoms with van der Waals surface area (Å²) in [7, 11) is 0. The van der Waals surface area contributed by atoms with Crippen LogP contribution in [0, 0.1) is 18.3 Å². The SMILES string of the molecule is CC(=O)N1C(=O)[C@@]2(C(C#N)=C(N)Oc3cc(C)oc(=O)c32)c2ccccc21. The molecule has 1 aromatic carbocycles. The van der Waals surface area contributed by atoms with Crippen molar-refractivity contribution in [3.05, 3.63) is 69.1 Å². The predicted molar refractivity (Wildman–Crippen MR) is 92.6 cm³/mol. The average molecular weight is 363 g/mol. The Morgan fingerprint density at radius 2 is 2.00 bits per heavy atom. The second-order valence-corrected chi connectivity index (χ2v) is 6.26. The van der Waals surface area contributed by atoms with Crippen molar-refractivity contribution in [2.45, 2.75) is 19.3 Å². The number of carbonyl (C=O) groups is 2. The molecule has 8 nitrogen and oxygen atoms in total. The van der Waals surface area contributed by atoms with Gasteiger partial charge in [-0.1, -0.05) is 18.2 Å². The first-order chi connectivity index (χ1) is 12.8. The van der Waals surface area contributed by atoms with Gasteiger partial charge in [0.1, 0.15) is 28.7 Å². The summed E-state index contributed by atoms with van der Waals surface area (Å²) < 4.78 is 10.6. The largest absolute Gasteiger partial charge is 0.440 e. The van der Waals surface area contributed by atoms with E-state index in [4.69, 9.17) is 14.9 Å². The highest BCUT2D eigenvalue weighted by Crippen LogP contribution is 2.54. The number of anilines is 1. The number of fused-ring (bicyclic) bond motifs is 4. The number of nitriles is 1. The van der Waals surface area contributed by atoms with Gasteiger partial charge in [-0.25, -0.2) is 9.69 Å². The number of aryl methyl sites for hydroxylation is 1. The first-order valence-electron chi connectivity index (χ1n) is 8.02. The van der Waals surface area contributed by atoms with E-state index >= 15 is 0 Å². The molecule has 4 rings (SSSR count). The molecule has 1 atom stereocenters. The summed E-state index contributed by atoms with van der Waals surface area (Å²) in [5.74, 6) is -1.34. The third kappa shape index (κ3) is 1.88. The molecule has 134 valence electrons. The van der Waals surface area contributed by atoms with Crippen LogP contribution in [0.4, 0.5) is 5.69 Å². The third-order valence-corrected chi connectivity index (χ3v) is 4.75. The second-order valence-electron chi connectivity index (χ2n) is 6.26. The van der Waals surface area contributed by atoms with Crippen LogP contribution in [0.1, 0.15) is 23.8 Å². The molecule has 0 unspecified atom stereocenters. The summed E-state index contributed by atoms with van der Waals surface area (Å²) in [6.07, 6.45) is 0. The van der Waals surface area contributed by atoms with Crippen LogP contribution in [0.15, 0.2) is 51.0 Å². The molecule has 1 aromatic heterocycles. The normalized spacial score (nSPS) is 20.2. The van der Waals surface area contributed by atoms with Gasteiger partial charge in [-0.3, -0.25) is 9.59 Å². The Bertz CT molecular complexity index is 1170. The highest BCUT2D eigenvalue weighted by molar-refractivity contribution is 6.25. The summed E-state index contributed by atoms with van der Waals surface area (Å²) in [4.78, 5) is 39.4. The van der Waals surface area contributed by atoms with E-state index in [0.29, 0.717) is 5.56 Å². The van der Waals surface area contributed by atoms with Gasteiger partial charge >= 0.3 is 5.63 Å². The van der Waals surface area contributed by atoms with E-state index in [0.717, 1.165) is 4.90 Å². The van der Waals surface area contributed by atoms with Crippen molar-refractivity contribution >= 4 is 17.5 Å². The third-order valence-electron chi connectivity index (χ3n) is 4.75. The molecule has 1 spiro atoms. The molecule has 0 saturated carbocycles. The lowest BCUT2D eigenvalue weighted by Crippen LogP contribution is -2.49. The van der Waals surface area contributed by atoms with E-state index in [9.17, 15) is 19.6 Å². The minimum Gasteiger partial charge on any atom is -0.440 e. The first kappa shape index (κ1) is 16.6. The molecule has 2 N–H and O–H groups in total. The zero-order chi connectivity index (χ0) is 19.5. The highest BCUT2D eigenvalue weighted by atomic mass is 16.5. The Labute approximate surface area is 153 Å². The Balaban J connectivity index is 2.23. The van der Waals surface area contributed by atoms with E-state index in [1.54, 1.807) is 31.2 Å². The lowest BCUT2D eigenvalue weighted by atomic mass is 9.69. The van der Waals surface area contributed by atoms with Crippen LogP contribution >= 0.6 is 0 Å². The maximum Gasteiger partial charge on any atom is 0.344 e. The fraction of sp³-hybridized carbons (Fsp3) is 0.158. The molecule has 0 saturated heterocycles. The number of hydrogen-bond acceptors (Lipinski definition) is 7.